The topological polar surface area (TPSA) is 29.1 Å². The fourth-order valence-corrected chi connectivity index (χ4v) is 1.99. The van der Waals surface area contributed by atoms with E-state index in [4.69, 9.17) is 0 Å². The van der Waals surface area contributed by atoms with Gasteiger partial charge < -0.3 is 5.32 Å². The average molecular weight is 355 g/mol. The van der Waals surface area contributed by atoms with Crippen molar-refractivity contribution < 1.29 is 9.18 Å². The smallest absolute Gasteiger partial charge is 0.255 e. The fourth-order valence-electron chi connectivity index (χ4n) is 1.47. The first-order valence-corrected chi connectivity index (χ1v) is 6.47. The van der Waals surface area contributed by atoms with Gasteiger partial charge in [0.05, 0.1) is 0 Å². The molecule has 0 aliphatic heterocycles. The minimum Gasteiger partial charge on any atom is -0.322 e. The molecule has 0 fully saturated rings. The number of hydrogen-bond acceptors (Lipinski definition) is 1. The standard InChI is InChI=1S/C14H11FINO/c1-9-2-3-10(8-13(9)16)14(18)17-12-6-4-11(15)5-7-12/h2-8H,1H3,(H,17,18). The maximum absolute atomic E-state index is 12.7. The zero-order valence-corrected chi connectivity index (χ0v) is 11.9. The Bertz CT molecular complexity index is 581. The number of amides is 1. The Balaban J connectivity index is 2.16. The van der Waals surface area contributed by atoms with Crippen molar-refractivity contribution in [1.82, 2.24) is 0 Å². The first kappa shape index (κ1) is 13.0. The number of hydrogen-bond donors (Lipinski definition) is 1. The molecule has 0 saturated carbocycles. The number of carbonyl (C=O) groups is 1. The largest absolute Gasteiger partial charge is 0.322 e. The highest BCUT2D eigenvalue weighted by Gasteiger charge is 2.07. The minimum absolute atomic E-state index is 0.195. The van der Waals surface area contributed by atoms with E-state index in [2.05, 4.69) is 27.9 Å². The van der Waals surface area contributed by atoms with E-state index in [0.717, 1.165) is 9.13 Å². The van der Waals surface area contributed by atoms with E-state index in [1.165, 1.54) is 24.3 Å². The molecule has 0 radical (unpaired) electrons. The van der Waals surface area contributed by atoms with Crippen molar-refractivity contribution in [2.24, 2.45) is 0 Å². The highest BCUT2D eigenvalue weighted by Crippen LogP contribution is 2.15. The summed E-state index contributed by atoms with van der Waals surface area (Å²) in [5, 5.41) is 2.72. The third-order valence-corrected chi connectivity index (χ3v) is 3.70. The summed E-state index contributed by atoms with van der Waals surface area (Å²) in [7, 11) is 0. The van der Waals surface area contributed by atoms with Crippen LogP contribution in [-0.4, -0.2) is 5.91 Å². The van der Waals surface area contributed by atoms with Crippen LogP contribution in [0.4, 0.5) is 10.1 Å². The van der Waals surface area contributed by atoms with Crippen molar-refractivity contribution in [3.8, 4) is 0 Å². The van der Waals surface area contributed by atoms with Gasteiger partial charge in [0.25, 0.3) is 5.91 Å². The highest BCUT2D eigenvalue weighted by molar-refractivity contribution is 14.1. The van der Waals surface area contributed by atoms with Crippen molar-refractivity contribution in [1.29, 1.82) is 0 Å². The van der Waals surface area contributed by atoms with Gasteiger partial charge in [-0.05, 0) is 71.5 Å². The Kier molecular flexibility index (Phi) is 3.96. The Labute approximate surface area is 118 Å². The molecular weight excluding hydrogens is 344 g/mol. The third-order valence-electron chi connectivity index (χ3n) is 2.54. The Hall–Kier alpha value is -1.43. The molecule has 2 aromatic carbocycles. The Morgan fingerprint density at radius 1 is 1.17 bits per heavy atom. The molecule has 18 heavy (non-hydrogen) atoms. The van der Waals surface area contributed by atoms with Gasteiger partial charge in [0.2, 0.25) is 0 Å². The van der Waals surface area contributed by atoms with Crippen LogP contribution in [0.1, 0.15) is 15.9 Å². The first-order chi connectivity index (χ1) is 8.56. The van der Waals surface area contributed by atoms with Crippen LogP contribution in [-0.2, 0) is 0 Å². The summed E-state index contributed by atoms with van der Waals surface area (Å²) >= 11 is 2.19. The lowest BCUT2D eigenvalue weighted by Gasteiger charge is -2.06. The molecular formula is C14H11FINO. The molecule has 0 unspecified atom stereocenters. The number of rotatable bonds is 2. The maximum atomic E-state index is 12.7. The van der Waals surface area contributed by atoms with Crippen molar-refractivity contribution in [3.05, 3.63) is 63.0 Å². The van der Waals surface area contributed by atoms with Gasteiger partial charge in [-0.1, -0.05) is 6.07 Å². The van der Waals surface area contributed by atoms with Crippen LogP contribution in [0.5, 0.6) is 0 Å². The number of carbonyl (C=O) groups excluding carboxylic acids is 1. The molecule has 0 aliphatic rings. The fraction of sp³-hybridized carbons (Fsp3) is 0.0714. The van der Waals surface area contributed by atoms with E-state index >= 15 is 0 Å². The molecule has 0 aliphatic carbocycles. The summed E-state index contributed by atoms with van der Waals surface area (Å²) in [6.45, 7) is 1.99. The number of halogens is 2. The monoisotopic (exact) mass is 355 g/mol. The molecule has 2 aromatic rings. The Morgan fingerprint density at radius 3 is 2.44 bits per heavy atom. The zero-order chi connectivity index (χ0) is 13.1. The second kappa shape index (κ2) is 5.48. The lowest BCUT2D eigenvalue weighted by atomic mass is 10.1. The molecule has 0 atom stereocenters. The summed E-state index contributed by atoms with van der Waals surface area (Å²) in [5.41, 5.74) is 2.31. The molecule has 1 amide bonds. The lowest BCUT2D eigenvalue weighted by molar-refractivity contribution is 0.102. The Morgan fingerprint density at radius 2 is 1.83 bits per heavy atom. The number of benzene rings is 2. The predicted molar refractivity (Wildman–Crippen MR) is 78.2 cm³/mol. The van der Waals surface area contributed by atoms with E-state index in [1.54, 1.807) is 6.07 Å². The van der Waals surface area contributed by atoms with Crippen LogP contribution in [0.2, 0.25) is 0 Å². The summed E-state index contributed by atoms with van der Waals surface area (Å²) in [5.74, 6) is -0.516. The molecule has 92 valence electrons. The van der Waals surface area contributed by atoms with Gasteiger partial charge in [0.15, 0.2) is 0 Å². The van der Waals surface area contributed by atoms with E-state index in [9.17, 15) is 9.18 Å². The van der Waals surface area contributed by atoms with E-state index in [1.807, 2.05) is 19.1 Å². The number of nitrogens with one attached hydrogen (secondary N) is 1. The van der Waals surface area contributed by atoms with Crippen LogP contribution < -0.4 is 5.32 Å². The van der Waals surface area contributed by atoms with Gasteiger partial charge >= 0.3 is 0 Å². The van der Waals surface area contributed by atoms with E-state index < -0.39 is 0 Å². The molecule has 1 N–H and O–H groups in total. The molecule has 0 bridgehead atoms. The van der Waals surface area contributed by atoms with Crippen LogP contribution in [0, 0.1) is 16.3 Å². The molecule has 0 aromatic heterocycles. The molecule has 0 heterocycles. The summed E-state index contributed by atoms with van der Waals surface area (Å²) in [6.07, 6.45) is 0. The van der Waals surface area contributed by atoms with E-state index in [0.29, 0.717) is 11.3 Å². The molecule has 4 heteroatoms. The van der Waals surface area contributed by atoms with Crippen molar-refractivity contribution in [3.63, 3.8) is 0 Å². The van der Waals surface area contributed by atoms with E-state index in [-0.39, 0.29) is 11.7 Å². The van der Waals surface area contributed by atoms with Gasteiger partial charge in [-0.15, -0.1) is 0 Å². The van der Waals surface area contributed by atoms with Gasteiger partial charge in [0, 0.05) is 14.8 Å². The summed E-state index contributed by atoms with van der Waals surface area (Å²) in [6, 6.07) is 11.2. The van der Waals surface area contributed by atoms with Crippen LogP contribution in [0.3, 0.4) is 0 Å². The molecule has 0 spiro atoms. The zero-order valence-electron chi connectivity index (χ0n) is 9.71. The highest BCUT2D eigenvalue weighted by atomic mass is 127. The SMILES string of the molecule is Cc1ccc(C(=O)Nc2ccc(F)cc2)cc1I. The summed E-state index contributed by atoms with van der Waals surface area (Å²) < 4.78 is 13.8. The molecule has 2 rings (SSSR count). The second-order valence-electron chi connectivity index (χ2n) is 3.92. The maximum Gasteiger partial charge on any atom is 0.255 e. The van der Waals surface area contributed by atoms with Gasteiger partial charge in [0.1, 0.15) is 5.82 Å². The lowest BCUT2D eigenvalue weighted by Crippen LogP contribution is -2.12. The van der Waals surface area contributed by atoms with Crippen LogP contribution in [0.25, 0.3) is 0 Å². The van der Waals surface area contributed by atoms with Crippen LogP contribution in [0.15, 0.2) is 42.5 Å². The van der Waals surface area contributed by atoms with Crippen LogP contribution >= 0.6 is 22.6 Å². The molecule has 2 nitrogen and oxygen atoms in total. The van der Waals surface area contributed by atoms with Gasteiger partial charge in [-0.25, -0.2) is 4.39 Å². The first-order valence-electron chi connectivity index (χ1n) is 5.39. The normalized spacial score (nSPS) is 10.2. The van der Waals surface area contributed by atoms with Crippen molar-refractivity contribution in [2.45, 2.75) is 6.92 Å². The number of anilines is 1. The van der Waals surface area contributed by atoms with Crippen molar-refractivity contribution >= 4 is 34.2 Å². The minimum atomic E-state index is -0.321. The average Bonchev–Trinajstić information content (AvgIpc) is 2.35. The van der Waals surface area contributed by atoms with Gasteiger partial charge in [-0.3, -0.25) is 4.79 Å². The van der Waals surface area contributed by atoms with Crippen molar-refractivity contribution in [2.75, 3.05) is 5.32 Å². The van der Waals surface area contributed by atoms with Gasteiger partial charge in [-0.2, -0.15) is 0 Å². The quantitative estimate of drug-likeness (QED) is 0.811. The second-order valence-corrected chi connectivity index (χ2v) is 5.09. The third kappa shape index (κ3) is 3.07. The number of aryl methyl sites for hydroxylation is 1. The predicted octanol–water partition coefficient (Wildman–Crippen LogP) is 3.99. The molecule has 0 saturated heterocycles. The summed E-state index contributed by atoms with van der Waals surface area (Å²) in [4.78, 5) is 12.0.